The molecule has 2 aromatic heterocycles. The number of para-hydroxylation sites is 2. The van der Waals surface area contributed by atoms with Crippen LogP contribution >= 0.6 is 23.1 Å². The number of ether oxygens (including phenoxy) is 1. The molecule has 0 aliphatic heterocycles. The molecular formula is C25H26N4O3S2. The van der Waals surface area contributed by atoms with Crippen molar-refractivity contribution in [3.8, 4) is 5.75 Å². The van der Waals surface area contributed by atoms with Gasteiger partial charge in [-0.3, -0.25) is 9.59 Å². The number of benzene rings is 2. The van der Waals surface area contributed by atoms with Crippen LogP contribution in [0.5, 0.6) is 5.75 Å². The van der Waals surface area contributed by atoms with E-state index in [9.17, 15) is 9.59 Å². The van der Waals surface area contributed by atoms with Crippen molar-refractivity contribution < 1.29 is 9.53 Å². The Labute approximate surface area is 206 Å². The number of carbonyl (C=O) groups excluding carboxylic acids is 1. The Bertz CT molecular complexity index is 1320. The lowest BCUT2D eigenvalue weighted by Crippen LogP contribution is -2.32. The van der Waals surface area contributed by atoms with Gasteiger partial charge >= 0.3 is 0 Å². The lowest BCUT2D eigenvalue weighted by Gasteiger charge is -2.18. The van der Waals surface area contributed by atoms with Crippen molar-refractivity contribution in [3.63, 3.8) is 0 Å². The molecular weight excluding hydrogens is 468 g/mol. The topological polar surface area (TPSA) is 85.6 Å². The van der Waals surface area contributed by atoms with E-state index in [0.29, 0.717) is 34.3 Å². The third-order valence-corrected chi connectivity index (χ3v) is 7.08. The molecule has 0 aliphatic carbocycles. The summed E-state index contributed by atoms with van der Waals surface area (Å²) in [6, 6.07) is 18.4. The minimum Gasteiger partial charge on any atom is -0.481 e. The van der Waals surface area contributed by atoms with Crippen LogP contribution in [0.25, 0.3) is 4.96 Å². The Morgan fingerprint density at radius 2 is 1.91 bits per heavy atom. The van der Waals surface area contributed by atoms with Crippen LogP contribution in [0.1, 0.15) is 37.4 Å². The van der Waals surface area contributed by atoms with Gasteiger partial charge < -0.3 is 10.1 Å². The van der Waals surface area contributed by atoms with Crippen molar-refractivity contribution in [1.29, 1.82) is 0 Å². The van der Waals surface area contributed by atoms with Crippen molar-refractivity contribution in [3.05, 3.63) is 81.7 Å². The predicted octanol–water partition coefficient (Wildman–Crippen LogP) is 5.19. The van der Waals surface area contributed by atoms with Gasteiger partial charge in [-0.1, -0.05) is 55.5 Å². The first kappa shape index (κ1) is 24.0. The molecule has 1 amide bonds. The molecule has 1 atom stereocenters. The minimum atomic E-state index is -0.603. The number of hydrogen-bond donors (Lipinski definition) is 1. The summed E-state index contributed by atoms with van der Waals surface area (Å²) in [6.45, 7) is 4.00. The molecule has 7 nitrogen and oxygen atoms in total. The number of fused-ring (bicyclic) bond motifs is 1. The van der Waals surface area contributed by atoms with Gasteiger partial charge in [0.05, 0.1) is 11.4 Å². The quantitative estimate of drug-likeness (QED) is 0.305. The molecule has 34 heavy (non-hydrogen) atoms. The van der Waals surface area contributed by atoms with E-state index in [1.54, 1.807) is 0 Å². The minimum absolute atomic E-state index is 0.176. The molecule has 0 radical (unpaired) electrons. The smallest absolute Gasteiger partial charge is 0.275 e. The van der Waals surface area contributed by atoms with Crippen LogP contribution in [0.4, 0.5) is 5.69 Å². The van der Waals surface area contributed by atoms with Crippen molar-refractivity contribution >= 4 is 39.7 Å². The molecule has 1 N–H and O–H groups in total. The fraction of sp³-hybridized carbons (Fsp3) is 0.280. The van der Waals surface area contributed by atoms with Crippen LogP contribution in [0.15, 0.2) is 70.4 Å². The molecule has 0 unspecified atom stereocenters. The number of carbonyl (C=O) groups is 1. The standard InChI is InChI=1S/C25H26N4O3S2/c1-3-10-22-28-29-23(30)15-17(26-25(29)34-22)16-33-21-14-9-8-13-19(21)27-24(31)20(4-2)32-18-11-6-5-7-12-18/h5-9,11-15,20H,3-4,10,16H2,1-2H3,(H,27,31)/t20-/m0/s1. The molecule has 176 valence electrons. The zero-order valence-corrected chi connectivity index (χ0v) is 20.7. The van der Waals surface area contributed by atoms with Crippen molar-refractivity contribution in [2.75, 3.05) is 5.32 Å². The molecule has 9 heteroatoms. The Morgan fingerprint density at radius 3 is 2.68 bits per heavy atom. The third-order valence-electron chi connectivity index (χ3n) is 5.01. The third kappa shape index (κ3) is 5.84. The maximum atomic E-state index is 12.9. The normalized spacial score (nSPS) is 11.9. The Hall–Kier alpha value is -3.17. The summed E-state index contributed by atoms with van der Waals surface area (Å²) in [5.41, 5.74) is 1.21. The number of hydrogen-bond acceptors (Lipinski definition) is 7. The van der Waals surface area contributed by atoms with Crippen molar-refractivity contribution in [1.82, 2.24) is 14.6 Å². The lowest BCUT2D eigenvalue weighted by molar-refractivity contribution is -0.122. The number of amides is 1. The molecule has 4 rings (SSSR count). The monoisotopic (exact) mass is 494 g/mol. The summed E-state index contributed by atoms with van der Waals surface area (Å²) >= 11 is 2.97. The number of aryl methyl sites for hydroxylation is 1. The van der Waals surface area contributed by atoms with E-state index in [1.807, 2.05) is 61.5 Å². The van der Waals surface area contributed by atoms with E-state index in [4.69, 9.17) is 4.74 Å². The Balaban J connectivity index is 1.46. The van der Waals surface area contributed by atoms with Gasteiger partial charge in [-0.25, -0.2) is 4.98 Å². The molecule has 2 aromatic carbocycles. The average Bonchev–Trinajstić information content (AvgIpc) is 3.26. The number of thioether (sulfide) groups is 1. The summed E-state index contributed by atoms with van der Waals surface area (Å²) in [4.78, 5) is 31.5. The summed E-state index contributed by atoms with van der Waals surface area (Å²) in [5.74, 6) is 0.951. The van der Waals surface area contributed by atoms with Gasteiger partial charge in [0.1, 0.15) is 10.8 Å². The average molecular weight is 495 g/mol. The summed E-state index contributed by atoms with van der Waals surface area (Å²) in [6.07, 6.45) is 1.74. The zero-order valence-electron chi connectivity index (χ0n) is 19.1. The summed E-state index contributed by atoms with van der Waals surface area (Å²) in [7, 11) is 0. The van der Waals surface area contributed by atoms with Gasteiger partial charge in [0.15, 0.2) is 6.10 Å². The van der Waals surface area contributed by atoms with Crippen molar-refractivity contribution in [2.45, 2.75) is 49.9 Å². The van der Waals surface area contributed by atoms with E-state index in [0.717, 1.165) is 22.7 Å². The molecule has 0 saturated carbocycles. The van der Waals surface area contributed by atoms with Gasteiger partial charge in [-0.2, -0.15) is 9.61 Å². The molecule has 0 bridgehead atoms. The van der Waals surface area contributed by atoms with E-state index in [-0.39, 0.29) is 11.5 Å². The summed E-state index contributed by atoms with van der Waals surface area (Å²) in [5, 5.41) is 8.26. The highest BCUT2D eigenvalue weighted by atomic mass is 32.2. The van der Waals surface area contributed by atoms with Gasteiger partial charge in [0.25, 0.3) is 11.5 Å². The van der Waals surface area contributed by atoms with Crippen LogP contribution in [0.2, 0.25) is 0 Å². The second-order valence-electron chi connectivity index (χ2n) is 7.63. The Morgan fingerprint density at radius 1 is 1.15 bits per heavy atom. The zero-order chi connectivity index (χ0) is 23.9. The summed E-state index contributed by atoms with van der Waals surface area (Å²) < 4.78 is 7.24. The second kappa shape index (κ2) is 11.3. The maximum Gasteiger partial charge on any atom is 0.275 e. The van der Waals surface area contributed by atoms with Crippen molar-refractivity contribution in [2.24, 2.45) is 0 Å². The van der Waals surface area contributed by atoms with Gasteiger partial charge in [-0.05, 0) is 37.1 Å². The molecule has 0 saturated heterocycles. The second-order valence-corrected chi connectivity index (χ2v) is 9.69. The van der Waals surface area contributed by atoms with E-state index in [1.165, 1.54) is 33.7 Å². The molecule has 4 aromatic rings. The molecule has 2 heterocycles. The number of nitrogens with one attached hydrogen (secondary N) is 1. The van der Waals surface area contributed by atoms with Crippen LogP contribution in [0, 0.1) is 0 Å². The van der Waals surface area contributed by atoms with Crippen LogP contribution in [-0.2, 0) is 17.0 Å². The lowest BCUT2D eigenvalue weighted by atomic mass is 10.2. The first-order chi connectivity index (χ1) is 16.6. The Kier molecular flexibility index (Phi) is 7.97. The predicted molar refractivity (Wildman–Crippen MR) is 137 cm³/mol. The largest absolute Gasteiger partial charge is 0.481 e. The van der Waals surface area contributed by atoms with Crippen LogP contribution in [0.3, 0.4) is 0 Å². The molecule has 0 spiro atoms. The fourth-order valence-corrected chi connectivity index (χ4v) is 5.25. The van der Waals surface area contributed by atoms with E-state index < -0.39 is 6.10 Å². The number of anilines is 1. The van der Waals surface area contributed by atoms with E-state index >= 15 is 0 Å². The number of aromatic nitrogens is 3. The van der Waals surface area contributed by atoms with Gasteiger partial charge in [0, 0.05) is 23.1 Å². The highest BCUT2D eigenvalue weighted by Crippen LogP contribution is 2.30. The maximum absolute atomic E-state index is 12.9. The SMILES string of the molecule is CCCc1nn2c(=O)cc(CSc3ccccc3NC(=O)[C@H](CC)Oc3ccccc3)nc2s1. The number of rotatable bonds is 10. The van der Waals surface area contributed by atoms with Crippen LogP contribution in [-0.4, -0.2) is 26.6 Å². The van der Waals surface area contributed by atoms with Crippen LogP contribution < -0.4 is 15.6 Å². The molecule has 0 fully saturated rings. The highest BCUT2D eigenvalue weighted by molar-refractivity contribution is 7.98. The van der Waals surface area contributed by atoms with Gasteiger partial charge in [-0.15, -0.1) is 11.8 Å². The first-order valence-electron chi connectivity index (χ1n) is 11.2. The fourth-order valence-electron chi connectivity index (χ4n) is 3.33. The molecule has 0 aliphatic rings. The first-order valence-corrected chi connectivity index (χ1v) is 13.0. The highest BCUT2D eigenvalue weighted by Gasteiger charge is 2.20. The van der Waals surface area contributed by atoms with E-state index in [2.05, 4.69) is 22.3 Å². The number of nitrogens with zero attached hydrogens (tertiary/aromatic N) is 3. The van der Waals surface area contributed by atoms with Gasteiger partial charge in [0.2, 0.25) is 4.96 Å².